The van der Waals surface area contributed by atoms with Crippen LogP contribution in [0.5, 0.6) is 5.75 Å². The van der Waals surface area contributed by atoms with Gasteiger partial charge in [-0.1, -0.05) is 11.6 Å². The summed E-state index contributed by atoms with van der Waals surface area (Å²) in [5.74, 6) is 0.336. The Labute approximate surface area is 112 Å². The Morgan fingerprint density at radius 2 is 2.00 bits per heavy atom. The largest absolute Gasteiger partial charge is 0.495 e. The van der Waals surface area contributed by atoms with Crippen molar-refractivity contribution in [2.45, 2.75) is 37.6 Å². The maximum atomic E-state index is 12.3. The SMILES string of the molecule is COc1cc(C)c(Cl)c(C)c1S(=O)(=O)NC1CC1. The lowest BCUT2D eigenvalue weighted by molar-refractivity contribution is 0.401. The number of sulfonamides is 1. The van der Waals surface area contributed by atoms with Crippen LogP contribution in [0.3, 0.4) is 0 Å². The van der Waals surface area contributed by atoms with Crippen molar-refractivity contribution in [2.24, 2.45) is 0 Å². The van der Waals surface area contributed by atoms with E-state index in [1.165, 1.54) is 7.11 Å². The molecule has 1 aliphatic rings. The van der Waals surface area contributed by atoms with E-state index in [9.17, 15) is 8.42 Å². The van der Waals surface area contributed by atoms with E-state index < -0.39 is 10.0 Å². The minimum atomic E-state index is -3.57. The van der Waals surface area contributed by atoms with E-state index in [0.29, 0.717) is 16.3 Å². The highest BCUT2D eigenvalue weighted by atomic mass is 35.5. The van der Waals surface area contributed by atoms with Crippen LogP contribution < -0.4 is 9.46 Å². The van der Waals surface area contributed by atoms with Crippen LogP contribution in [0, 0.1) is 13.8 Å². The summed E-state index contributed by atoms with van der Waals surface area (Å²) in [6, 6.07) is 1.70. The van der Waals surface area contributed by atoms with Gasteiger partial charge in [-0.05, 0) is 43.9 Å². The highest BCUT2D eigenvalue weighted by Crippen LogP contribution is 2.35. The molecule has 0 amide bonds. The zero-order valence-corrected chi connectivity index (χ0v) is 12.2. The fraction of sp³-hybridized carbons (Fsp3) is 0.500. The molecule has 0 bridgehead atoms. The number of benzene rings is 1. The second kappa shape index (κ2) is 4.72. The smallest absolute Gasteiger partial charge is 0.244 e. The molecule has 0 unspecified atom stereocenters. The number of halogens is 1. The van der Waals surface area contributed by atoms with Crippen LogP contribution in [0.2, 0.25) is 5.02 Å². The zero-order chi connectivity index (χ0) is 13.5. The van der Waals surface area contributed by atoms with Crippen molar-refractivity contribution in [1.82, 2.24) is 4.72 Å². The van der Waals surface area contributed by atoms with Crippen molar-refractivity contribution in [3.63, 3.8) is 0 Å². The quantitative estimate of drug-likeness (QED) is 0.926. The van der Waals surface area contributed by atoms with Crippen molar-refractivity contribution in [3.05, 3.63) is 22.2 Å². The van der Waals surface area contributed by atoms with Gasteiger partial charge < -0.3 is 4.74 Å². The summed E-state index contributed by atoms with van der Waals surface area (Å²) < 4.78 is 32.4. The molecule has 0 spiro atoms. The van der Waals surface area contributed by atoms with Gasteiger partial charge in [0.1, 0.15) is 10.6 Å². The molecular formula is C12H16ClNO3S. The van der Waals surface area contributed by atoms with Gasteiger partial charge in [0, 0.05) is 11.1 Å². The number of hydrogen-bond acceptors (Lipinski definition) is 3. The van der Waals surface area contributed by atoms with Gasteiger partial charge in [-0.2, -0.15) is 0 Å². The predicted octanol–water partition coefficient (Wildman–Crippen LogP) is 2.41. The van der Waals surface area contributed by atoms with E-state index in [2.05, 4.69) is 4.72 Å². The molecule has 18 heavy (non-hydrogen) atoms. The third kappa shape index (κ3) is 2.48. The molecular weight excluding hydrogens is 274 g/mol. The summed E-state index contributed by atoms with van der Waals surface area (Å²) in [5, 5.41) is 0.465. The predicted molar refractivity (Wildman–Crippen MR) is 70.8 cm³/mol. The Kier molecular flexibility index (Phi) is 3.58. The van der Waals surface area contributed by atoms with Crippen LogP contribution in [-0.2, 0) is 10.0 Å². The first-order chi connectivity index (χ1) is 8.36. The van der Waals surface area contributed by atoms with E-state index in [-0.39, 0.29) is 10.9 Å². The molecule has 1 aliphatic carbocycles. The van der Waals surface area contributed by atoms with Gasteiger partial charge in [0.2, 0.25) is 10.0 Å². The third-order valence-electron chi connectivity index (χ3n) is 2.98. The molecule has 0 radical (unpaired) electrons. The van der Waals surface area contributed by atoms with Crippen LogP contribution in [0.15, 0.2) is 11.0 Å². The number of aryl methyl sites for hydroxylation is 1. The minimum absolute atomic E-state index is 0.0548. The molecule has 2 rings (SSSR count). The molecule has 1 fully saturated rings. The van der Waals surface area contributed by atoms with Crippen LogP contribution in [0.25, 0.3) is 0 Å². The molecule has 0 aromatic heterocycles. The van der Waals surface area contributed by atoms with Gasteiger partial charge in [-0.25, -0.2) is 13.1 Å². The van der Waals surface area contributed by atoms with E-state index in [1.54, 1.807) is 13.0 Å². The first-order valence-corrected chi connectivity index (χ1v) is 7.59. The lowest BCUT2D eigenvalue weighted by Crippen LogP contribution is -2.27. The van der Waals surface area contributed by atoms with Crippen LogP contribution in [0.1, 0.15) is 24.0 Å². The Balaban J connectivity index is 2.57. The molecule has 6 heteroatoms. The van der Waals surface area contributed by atoms with E-state index in [4.69, 9.17) is 16.3 Å². The van der Waals surface area contributed by atoms with E-state index in [0.717, 1.165) is 18.4 Å². The van der Waals surface area contributed by atoms with Gasteiger partial charge >= 0.3 is 0 Å². The first-order valence-electron chi connectivity index (χ1n) is 5.73. The van der Waals surface area contributed by atoms with Crippen LogP contribution in [0.4, 0.5) is 0 Å². The highest BCUT2D eigenvalue weighted by Gasteiger charge is 2.31. The molecule has 4 nitrogen and oxygen atoms in total. The second-order valence-corrected chi connectivity index (χ2v) is 6.59. The fourth-order valence-corrected chi connectivity index (χ4v) is 3.78. The lowest BCUT2D eigenvalue weighted by Gasteiger charge is -2.15. The number of nitrogens with one attached hydrogen (secondary N) is 1. The van der Waals surface area contributed by atoms with Crippen molar-refractivity contribution in [1.29, 1.82) is 0 Å². The Morgan fingerprint density at radius 1 is 1.39 bits per heavy atom. The Morgan fingerprint density at radius 3 is 2.50 bits per heavy atom. The maximum Gasteiger partial charge on any atom is 0.244 e. The van der Waals surface area contributed by atoms with Gasteiger partial charge in [0.15, 0.2) is 0 Å². The number of hydrogen-bond donors (Lipinski definition) is 1. The molecule has 0 saturated heterocycles. The minimum Gasteiger partial charge on any atom is -0.495 e. The molecule has 1 N–H and O–H groups in total. The van der Waals surface area contributed by atoms with Crippen molar-refractivity contribution in [3.8, 4) is 5.75 Å². The number of rotatable bonds is 4. The molecule has 1 aromatic carbocycles. The Bertz CT molecular complexity index is 579. The summed E-state index contributed by atoms with van der Waals surface area (Å²) in [4.78, 5) is 0.146. The molecule has 0 atom stereocenters. The average molecular weight is 290 g/mol. The normalized spacial score (nSPS) is 15.8. The number of methoxy groups -OCH3 is 1. The van der Waals surface area contributed by atoms with Crippen molar-refractivity contribution < 1.29 is 13.2 Å². The van der Waals surface area contributed by atoms with Gasteiger partial charge in [0.05, 0.1) is 7.11 Å². The summed E-state index contributed by atoms with van der Waals surface area (Å²) in [5.41, 5.74) is 1.33. The summed E-state index contributed by atoms with van der Waals surface area (Å²) in [6.45, 7) is 3.52. The fourth-order valence-electron chi connectivity index (χ4n) is 1.87. The molecule has 1 aromatic rings. The lowest BCUT2D eigenvalue weighted by atomic mass is 10.1. The zero-order valence-electron chi connectivity index (χ0n) is 10.6. The third-order valence-corrected chi connectivity index (χ3v) is 5.25. The average Bonchev–Trinajstić information content (AvgIpc) is 3.07. The van der Waals surface area contributed by atoms with E-state index in [1.807, 2.05) is 6.92 Å². The summed E-state index contributed by atoms with van der Waals surface area (Å²) in [7, 11) is -2.11. The maximum absolute atomic E-state index is 12.3. The van der Waals surface area contributed by atoms with Crippen molar-refractivity contribution >= 4 is 21.6 Å². The molecule has 0 heterocycles. The van der Waals surface area contributed by atoms with Gasteiger partial charge in [0.25, 0.3) is 0 Å². The van der Waals surface area contributed by atoms with E-state index >= 15 is 0 Å². The monoisotopic (exact) mass is 289 g/mol. The van der Waals surface area contributed by atoms with Gasteiger partial charge in [-0.15, -0.1) is 0 Å². The topological polar surface area (TPSA) is 55.4 Å². The molecule has 0 aliphatic heterocycles. The van der Waals surface area contributed by atoms with Crippen LogP contribution >= 0.6 is 11.6 Å². The molecule has 1 saturated carbocycles. The second-order valence-electron chi connectivity index (χ2n) is 4.56. The summed E-state index contributed by atoms with van der Waals surface area (Å²) in [6.07, 6.45) is 1.78. The Hall–Kier alpha value is -0.780. The number of ether oxygens (including phenoxy) is 1. The highest BCUT2D eigenvalue weighted by molar-refractivity contribution is 7.89. The van der Waals surface area contributed by atoms with Gasteiger partial charge in [-0.3, -0.25) is 0 Å². The first kappa shape index (κ1) is 13.6. The van der Waals surface area contributed by atoms with Crippen molar-refractivity contribution in [2.75, 3.05) is 7.11 Å². The standard InChI is InChI=1S/C12H16ClNO3S/c1-7-6-10(17-3)12(8(2)11(7)13)18(15,16)14-9-4-5-9/h6,9,14H,4-5H2,1-3H3. The summed E-state index contributed by atoms with van der Waals surface area (Å²) >= 11 is 6.12. The van der Waals surface area contributed by atoms with Crippen LogP contribution in [-0.4, -0.2) is 21.6 Å². The molecule has 100 valence electrons.